The first-order valence-corrected chi connectivity index (χ1v) is 7.96. The van der Waals surface area contributed by atoms with Crippen molar-refractivity contribution in [3.8, 4) is 11.5 Å². The molecule has 1 saturated heterocycles. The molecule has 1 unspecified atom stereocenters. The molecule has 2 heterocycles. The van der Waals surface area contributed by atoms with Crippen LogP contribution < -0.4 is 14.8 Å². The van der Waals surface area contributed by atoms with Crippen molar-refractivity contribution in [1.82, 2.24) is 10.2 Å². The zero-order valence-corrected chi connectivity index (χ0v) is 13.3. The zero-order chi connectivity index (χ0) is 14.9. The van der Waals surface area contributed by atoms with E-state index in [1.807, 2.05) is 6.92 Å². The van der Waals surface area contributed by atoms with E-state index in [-0.39, 0.29) is 5.60 Å². The topological polar surface area (TPSA) is 33.7 Å². The highest BCUT2D eigenvalue weighted by Gasteiger charge is 2.42. The number of hydrogen-bond donors (Lipinski definition) is 1. The lowest BCUT2D eigenvalue weighted by atomic mass is 9.80. The molecule has 0 radical (unpaired) electrons. The Labute approximate surface area is 127 Å². The minimum Gasteiger partial charge on any atom is -0.494 e. The number of rotatable bonds is 3. The first kappa shape index (κ1) is 14.7. The van der Waals surface area contributed by atoms with Crippen LogP contribution in [-0.4, -0.2) is 44.3 Å². The molecule has 116 valence electrons. The summed E-state index contributed by atoms with van der Waals surface area (Å²) in [5, 5.41) is 3.44. The average Bonchev–Trinajstić information content (AvgIpc) is 2.47. The number of benzene rings is 1. The maximum atomic E-state index is 6.48. The van der Waals surface area contributed by atoms with E-state index < -0.39 is 0 Å². The largest absolute Gasteiger partial charge is 0.494 e. The van der Waals surface area contributed by atoms with E-state index in [9.17, 15) is 0 Å². The highest BCUT2D eigenvalue weighted by atomic mass is 16.5. The van der Waals surface area contributed by atoms with Gasteiger partial charge in [0.25, 0.3) is 0 Å². The molecule has 0 amide bonds. The summed E-state index contributed by atoms with van der Waals surface area (Å²) in [6.07, 6.45) is 3.23. The van der Waals surface area contributed by atoms with Crippen LogP contribution in [0, 0.1) is 0 Å². The lowest BCUT2D eigenvalue weighted by Crippen LogP contribution is -2.50. The first-order valence-electron chi connectivity index (χ1n) is 7.96. The Morgan fingerprint density at radius 1 is 1.33 bits per heavy atom. The van der Waals surface area contributed by atoms with Crippen LogP contribution in [0.2, 0.25) is 0 Å². The Morgan fingerprint density at radius 2 is 2.10 bits per heavy atom. The molecule has 2 aliphatic rings. The van der Waals surface area contributed by atoms with E-state index in [0.29, 0.717) is 12.6 Å². The summed E-state index contributed by atoms with van der Waals surface area (Å²) in [6, 6.07) is 6.71. The number of piperidine rings is 1. The molecule has 1 aromatic rings. The van der Waals surface area contributed by atoms with E-state index in [1.165, 1.54) is 5.56 Å². The van der Waals surface area contributed by atoms with Crippen molar-refractivity contribution < 1.29 is 9.47 Å². The van der Waals surface area contributed by atoms with E-state index in [1.54, 1.807) is 0 Å². The first-order chi connectivity index (χ1) is 10.1. The summed E-state index contributed by atoms with van der Waals surface area (Å²) in [6.45, 7) is 4.78. The number of hydrogen-bond acceptors (Lipinski definition) is 4. The molecule has 0 aliphatic carbocycles. The fourth-order valence-electron chi connectivity index (χ4n) is 3.52. The van der Waals surface area contributed by atoms with Crippen LogP contribution in [0.1, 0.15) is 37.8 Å². The summed E-state index contributed by atoms with van der Waals surface area (Å²) in [4.78, 5) is 2.31. The van der Waals surface area contributed by atoms with Gasteiger partial charge in [0.2, 0.25) is 0 Å². The van der Waals surface area contributed by atoms with E-state index in [0.717, 1.165) is 43.9 Å². The van der Waals surface area contributed by atoms with Gasteiger partial charge in [-0.15, -0.1) is 0 Å². The molecule has 1 N–H and O–H groups in total. The Hall–Kier alpha value is -1.26. The van der Waals surface area contributed by atoms with Crippen molar-refractivity contribution in [1.29, 1.82) is 0 Å². The number of fused-ring (bicyclic) bond motifs is 1. The third-order valence-corrected chi connectivity index (χ3v) is 4.68. The fourth-order valence-corrected chi connectivity index (χ4v) is 3.52. The van der Waals surface area contributed by atoms with E-state index >= 15 is 0 Å². The highest BCUT2D eigenvalue weighted by Crippen LogP contribution is 2.46. The standard InChI is InChI=1S/C17H26N2O2/c1-4-20-13-5-6-14-15(19(2)3)12-17(21-16(14)11-13)7-9-18-10-8-17/h5-6,11,15,18H,4,7-10,12H2,1-3H3. The maximum Gasteiger partial charge on any atom is 0.128 e. The van der Waals surface area contributed by atoms with Gasteiger partial charge in [-0.2, -0.15) is 0 Å². The van der Waals surface area contributed by atoms with Crippen LogP contribution in [0.25, 0.3) is 0 Å². The molecule has 0 saturated carbocycles. The Morgan fingerprint density at radius 3 is 2.76 bits per heavy atom. The van der Waals surface area contributed by atoms with Crippen molar-refractivity contribution in [2.75, 3.05) is 33.8 Å². The van der Waals surface area contributed by atoms with Crippen LogP contribution in [0.15, 0.2) is 18.2 Å². The minimum absolute atomic E-state index is 0.0158. The van der Waals surface area contributed by atoms with E-state index in [4.69, 9.17) is 9.47 Å². The van der Waals surface area contributed by atoms with Gasteiger partial charge in [0.15, 0.2) is 0 Å². The number of nitrogens with one attached hydrogen (secondary N) is 1. The van der Waals surface area contributed by atoms with Crippen molar-refractivity contribution in [3.05, 3.63) is 23.8 Å². The zero-order valence-electron chi connectivity index (χ0n) is 13.3. The molecular formula is C17H26N2O2. The quantitative estimate of drug-likeness (QED) is 0.928. The predicted octanol–water partition coefficient (Wildman–Crippen LogP) is 2.59. The van der Waals surface area contributed by atoms with Gasteiger partial charge in [0.1, 0.15) is 17.1 Å². The minimum atomic E-state index is -0.0158. The molecule has 4 heteroatoms. The molecule has 1 atom stereocenters. The van der Waals surface area contributed by atoms with Crippen LogP contribution in [0.4, 0.5) is 0 Å². The van der Waals surface area contributed by atoms with Crippen molar-refractivity contribution in [3.63, 3.8) is 0 Å². The molecule has 1 fully saturated rings. The number of nitrogens with zero attached hydrogens (tertiary/aromatic N) is 1. The van der Waals surface area contributed by atoms with Gasteiger partial charge in [-0.05, 0) is 53.0 Å². The van der Waals surface area contributed by atoms with Gasteiger partial charge in [-0.1, -0.05) is 6.07 Å². The lowest BCUT2D eigenvalue weighted by Gasteiger charge is -2.46. The molecule has 1 aromatic carbocycles. The van der Waals surface area contributed by atoms with Gasteiger partial charge >= 0.3 is 0 Å². The van der Waals surface area contributed by atoms with Gasteiger partial charge in [0, 0.05) is 24.1 Å². The maximum absolute atomic E-state index is 6.48. The lowest BCUT2D eigenvalue weighted by molar-refractivity contribution is -0.0120. The fraction of sp³-hybridized carbons (Fsp3) is 0.647. The monoisotopic (exact) mass is 290 g/mol. The van der Waals surface area contributed by atoms with Crippen LogP contribution >= 0.6 is 0 Å². The summed E-state index contributed by atoms with van der Waals surface area (Å²) >= 11 is 0. The van der Waals surface area contributed by atoms with Gasteiger partial charge in [-0.25, -0.2) is 0 Å². The highest BCUT2D eigenvalue weighted by molar-refractivity contribution is 5.44. The second-order valence-corrected chi connectivity index (χ2v) is 6.35. The molecular weight excluding hydrogens is 264 g/mol. The molecule has 1 spiro atoms. The second kappa shape index (κ2) is 5.85. The Balaban J connectivity index is 1.95. The second-order valence-electron chi connectivity index (χ2n) is 6.35. The third-order valence-electron chi connectivity index (χ3n) is 4.68. The number of ether oxygens (including phenoxy) is 2. The molecule has 4 nitrogen and oxygen atoms in total. The van der Waals surface area contributed by atoms with Gasteiger partial charge in [-0.3, -0.25) is 0 Å². The van der Waals surface area contributed by atoms with Crippen LogP contribution in [-0.2, 0) is 0 Å². The molecule has 21 heavy (non-hydrogen) atoms. The smallest absolute Gasteiger partial charge is 0.128 e. The Kier molecular flexibility index (Phi) is 4.09. The summed E-state index contributed by atoms with van der Waals surface area (Å²) in [7, 11) is 4.32. The summed E-state index contributed by atoms with van der Waals surface area (Å²) < 4.78 is 12.1. The summed E-state index contributed by atoms with van der Waals surface area (Å²) in [5.41, 5.74) is 1.27. The molecule has 2 aliphatic heterocycles. The SMILES string of the molecule is CCOc1ccc2c(c1)OC1(CCNCC1)CC2N(C)C. The normalized spacial score (nSPS) is 23.7. The van der Waals surface area contributed by atoms with Crippen molar-refractivity contribution >= 4 is 0 Å². The molecule has 3 rings (SSSR count). The average molecular weight is 290 g/mol. The van der Waals surface area contributed by atoms with Crippen molar-refractivity contribution in [2.45, 2.75) is 37.8 Å². The van der Waals surface area contributed by atoms with Crippen LogP contribution in [0.5, 0.6) is 11.5 Å². The molecule has 0 bridgehead atoms. The van der Waals surface area contributed by atoms with Crippen molar-refractivity contribution in [2.24, 2.45) is 0 Å². The predicted molar refractivity (Wildman–Crippen MR) is 84.1 cm³/mol. The molecule has 0 aromatic heterocycles. The van der Waals surface area contributed by atoms with Gasteiger partial charge in [0.05, 0.1) is 6.61 Å². The van der Waals surface area contributed by atoms with Gasteiger partial charge < -0.3 is 19.7 Å². The van der Waals surface area contributed by atoms with E-state index in [2.05, 4.69) is 42.5 Å². The summed E-state index contributed by atoms with van der Waals surface area (Å²) in [5.74, 6) is 1.91. The Bertz CT molecular complexity index is 496. The van der Waals surface area contributed by atoms with Crippen LogP contribution in [0.3, 0.4) is 0 Å². The third kappa shape index (κ3) is 2.87.